The second-order valence-electron chi connectivity index (χ2n) is 6.78. The zero-order valence-corrected chi connectivity index (χ0v) is 12.6. The van der Waals surface area contributed by atoms with E-state index in [1.807, 2.05) is 0 Å². The van der Waals surface area contributed by atoms with Crippen molar-refractivity contribution in [2.24, 2.45) is 23.2 Å². The topological polar surface area (TPSA) is 101 Å². The largest absolute Gasteiger partial charge is 0.748 e. The van der Waals surface area contributed by atoms with Crippen LogP contribution in [0.2, 0.25) is 0 Å². The Hall–Kier alpha value is -0.950. The van der Waals surface area contributed by atoms with E-state index in [0.717, 1.165) is 19.3 Å². The van der Waals surface area contributed by atoms with Crippen LogP contribution in [0.15, 0.2) is 0 Å². The van der Waals surface area contributed by atoms with Crippen LogP contribution in [0.5, 0.6) is 0 Å². The lowest BCUT2D eigenvalue weighted by Crippen LogP contribution is -2.54. The van der Waals surface area contributed by atoms with Gasteiger partial charge >= 0.3 is 5.97 Å². The summed E-state index contributed by atoms with van der Waals surface area (Å²) in [5.74, 6) is -0.0597. The minimum absolute atomic E-state index is 0.00539. The molecule has 0 aromatic rings. The number of ether oxygens (including phenoxy) is 1. The molecule has 4 bridgehead atoms. The van der Waals surface area contributed by atoms with Crippen molar-refractivity contribution in [3.05, 3.63) is 0 Å². The molecule has 2 unspecified atom stereocenters. The Bertz CT molecular complexity index is 548. The molecule has 0 heterocycles. The lowest BCUT2D eigenvalue weighted by atomic mass is 9.49. The van der Waals surface area contributed by atoms with E-state index in [0.29, 0.717) is 24.5 Å². The summed E-state index contributed by atoms with van der Waals surface area (Å²) in [7, 11) is -4.26. The highest BCUT2D eigenvalue weighted by molar-refractivity contribution is 7.85. The van der Waals surface area contributed by atoms with Crippen LogP contribution in [0, 0.1) is 23.2 Å². The lowest BCUT2D eigenvalue weighted by molar-refractivity contribution is -0.174. The first-order valence-corrected chi connectivity index (χ1v) is 9.01. The quantitative estimate of drug-likeness (QED) is 0.424. The molecule has 0 N–H and O–H groups in total. The Morgan fingerprint density at radius 3 is 2.43 bits per heavy atom. The summed E-state index contributed by atoms with van der Waals surface area (Å²) < 4.78 is 36.7. The van der Waals surface area contributed by atoms with Crippen LogP contribution < -0.4 is 0 Å². The Labute approximate surface area is 124 Å². The molecule has 0 aliphatic heterocycles. The molecular weight excluding hydrogens is 296 g/mol. The first-order valence-electron chi connectivity index (χ1n) is 7.44. The van der Waals surface area contributed by atoms with Crippen molar-refractivity contribution in [2.75, 3.05) is 12.4 Å². The van der Waals surface area contributed by atoms with Gasteiger partial charge in [-0.3, -0.25) is 9.59 Å². The molecule has 118 valence electrons. The summed E-state index contributed by atoms with van der Waals surface area (Å²) >= 11 is 0. The van der Waals surface area contributed by atoms with Crippen LogP contribution in [-0.4, -0.2) is 37.1 Å². The summed E-state index contributed by atoms with van der Waals surface area (Å²) in [4.78, 5) is 24.4. The molecular formula is C14H19O6S-. The minimum Gasteiger partial charge on any atom is -0.748 e. The van der Waals surface area contributed by atoms with Gasteiger partial charge in [0.1, 0.15) is 5.78 Å². The third kappa shape index (κ3) is 2.85. The maximum atomic E-state index is 12.4. The summed E-state index contributed by atoms with van der Waals surface area (Å²) in [5, 5.41) is 0. The molecule has 0 radical (unpaired) electrons. The summed E-state index contributed by atoms with van der Waals surface area (Å²) in [6, 6.07) is 0. The first kappa shape index (κ1) is 15.0. The number of esters is 1. The summed E-state index contributed by atoms with van der Waals surface area (Å²) in [6.07, 6.45) is 3.78. The van der Waals surface area contributed by atoms with E-state index in [4.69, 9.17) is 4.74 Å². The molecule has 4 aliphatic rings. The minimum atomic E-state index is -4.26. The SMILES string of the molecule is O=C1C2CC3CC1CC(C(=O)OCCCS(=O)(=O)[O-])(C3)C2. The number of carbonyl (C=O) groups is 2. The average Bonchev–Trinajstić information content (AvgIpc) is 2.38. The highest BCUT2D eigenvalue weighted by atomic mass is 32.2. The van der Waals surface area contributed by atoms with E-state index in [1.54, 1.807) is 0 Å². The fourth-order valence-corrected chi connectivity index (χ4v) is 5.02. The fourth-order valence-electron chi connectivity index (χ4n) is 4.55. The van der Waals surface area contributed by atoms with Crippen LogP contribution in [0.4, 0.5) is 0 Å². The van der Waals surface area contributed by atoms with Gasteiger partial charge in [0.2, 0.25) is 0 Å². The first-order chi connectivity index (χ1) is 9.79. The molecule has 0 saturated heterocycles. The lowest BCUT2D eigenvalue weighted by Gasteiger charge is -2.53. The molecule has 0 spiro atoms. The zero-order valence-electron chi connectivity index (χ0n) is 11.7. The molecule has 4 rings (SSSR count). The van der Waals surface area contributed by atoms with Crippen LogP contribution in [0.25, 0.3) is 0 Å². The highest BCUT2D eigenvalue weighted by Gasteiger charge is 2.58. The van der Waals surface area contributed by atoms with E-state index in [9.17, 15) is 22.6 Å². The smallest absolute Gasteiger partial charge is 0.312 e. The molecule has 0 aromatic carbocycles. The van der Waals surface area contributed by atoms with Crippen LogP contribution >= 0.6 is 0 Å². The van der Waals surface area contributed by atoms with Crippen molar-refractivity contribution >= 4 is 21.9 Å². The van der Waals surface area contributed by atoms with E-state index in [-0.39, 0.29) is 30.8 Å². The zero-order chi connectivity index (χ0) is 15.3. The van der Waals surface area contributed by atoms with Gasteiger partial charge in [-0.25, -0.2) is 8.42 Å². The number of Topliss-reactive ketones (excluding diaryl/α,β-unsaturated/α-hetero) is 1. The molecule has 21 heavy (non-hydrogen) atoms. The van der Waals surface area contributed by atoms with Crippen LogP contribution in [0.1, 0.15) is 38.5 Å². The van der Waals surface area contributed by atoms with Crippen molar-refractivity contribution in [2.45, 2.75) is 38.5 Å². The molecule has 7 heteroatoms. The van der Waals surface area contributed by atoms with Gasteiger partial charge in [0.05, 0.1) is 22.1 Å². The summed E-state index contributed by atoms with van der Waals surface area (Å²) in [6.45, 7) is -0.0456. The van der Waals surface area contributed by atoms with E-state index in [1.165, 1.54) is 0 Å². The predicted molar refractivity (Wildman–Crippen MR) is 71.1 cm³/mol. The fraction of sp³-hybridized carbons (Fsp3) is 0.857. The standard InChI is InChI=1S/C14H20O6S/c15-12-10-4-9-5-11(12)8-14(6-9,7-10)13(16)20-2-1-3-21(17,18)19/h9-11H,1-8H2,(H,17,18,19)/p-1. The van der Waals surface area contributed by atoms with Gasteiger partial charge in [0.25, 0.3) is 0 Å². The van der Waals surface area contributed by atoms with Gasteiger partial charge in [-0.1, -0.05) is 0 Å². The Balaban J connectivity index is 1.59. The molecule has 0 amide bonds. The molecule has 0 aromatic heterocycles. The van der Waals surface area contributed by atoms with Crippen molar-refractivity contribution in [3.63, 3.8) is 0 Å². The molecule has 4 saturated carbocycles. The highest BCUT2D eigenvalue weighted by Crippen LogP contribution is 2.59. The van der Waals surface area contributed by atoms with Gasteiger partial charge in [0.15, 0.2) is 0 Å². The van der Waals surface area contributed by atoms with Gasteiger partial charge in [-0.15, -0.1) is 0 Å². The molecule has 4 aliphatic carbocycles. The van der Waals surface area contributed by atoms with Crippen molar-refractivity contribution < 1.29 is 27.3 Å². The average molecular weight is 315 g/mol. The Kier molecular flexibility index (Phi) is 3.60. The normalized spacial score (nSPS) is 37.8. The number of ketones is 1. The van der Waals surface area contributed by atoms with Gasteiger partial charge in [-0.05, 0) is 44.4 Å². The molecule has 6 nitrogen and oxygen atoms in total. The van der Waals surface area contributed by atoms with Crippen LogP contribution in [0.3, 0.4) is 0 Å². The van der Waals surface area contributed by atoms with Crippen molar-refractivity contribution in [3.8, 4) is 0 Å². The second kappa shape index (κ2) is 5.05. The Morgan fingerprint density at radius 1 is 1.24 bits per heavy atom. The number of rotatable bonds is 5. The second-order valence-corrected chi connectivity index (χ2v) is 8.30. The maximum Gasteiger partial charge on any atom is 0.312 e. The predicted octanol–water partition coefficient (Wildman–Crippen LogP) is 0.860. The maximum absolute atomic E-state index is 12.4. The third-order valence-corrected chi connectivity index (χ3v) is 5.99. The van der Waals surface area contributed by atoms with E-state index >= 15 is 0 Å². The third-order valence-electron chi connectivity index (χ3n) is 5.20. The van der Waals surface area contributed by atoms with E-state index in [2.05, 4.69) is 0 Å². The van der Waals surface area contributed by atoms with Crippen molar-refractivity contribution in [1.82, 2.24) is 0 Å². The van der Waals surface area contributed by atoms with E-state index < -0.39 is 21.3 Å². The molecule has 4 fully saturated rings. The monoisotopic (exact) mass is 315 g/mol. The number of carbonyl (C=O) groups excluding carboxylic acids is 2. The van der Waals surface area contributed by atoms with Gasteiger partial charge in [0, 0.05) is 17.6 Å². The summed E-state index contributed by atoms with van der Waals surface area (Å²) in [5.41, 5.74) is -0.541. The Morgan fingerprint density at radius 2 is 1.86 bits per heavy atom. The number of hydrogen-bond donors (Lipinski definition) is 0. The van der Waals surface area contributed by atoms with Gasteiger partial charge < -0.3 is 9.29 Å². The number of hydrogen-bond acceptors (Lipinski definition) is 6. The van der Waals surface area contributed by atoms with Crippen LogP contribution in [-0.2, 0) is 24.4 Å². The van der Waals surface area contributed by atoms with Gasteiger partial charge in [-0.2, -0.15) is 0 Å². The van der Waals surface area contributed by atoms with Crippen molar-refractivity contribution in [1.29, 1.82) is 0 Å². The molecule has 2 atom stereocenters.